The van der Waals surface area contributed by atoms with Gasteiger partial charge in [-0.25, -0.2) is 21.9 Å². The van der Waals surface area contributed by atoms with E-state index in [1.807, 2.05) is 0 Å². The Bertz CT molecular complexity index is 1510. The molecule has 2 aromatic rings. The Kier molecular flexibility index (Phi) is 6.80. The van der Waals surface area contributed by atoms with Crippen LogP contribution >= 0.6 is 0 Å². The fourth-order valence-electron chi connectivity index (χ4n) is 6.35. The van der Waals surface area contributed by atoms with Crippen LogP contribution in [0.25, 0.3) is 0 Å². The second-order valence-electron chi connectivity index (χ2n) is 12.0. The number of amides is 1. The van der Waals surface area contributed by atoms with Gasteiger partial charge in [0.25, 0.3) is 17.4 Å². The zero-order valence-electron chi connectivity index (χ0n) is 22.7. The summed E-state index contributed by atoms with van der Waals surface area (Å²) in [6, 6.07) is 7.78. The van der Waals surface area contributed by atoms with Crippen LogP contribution in [0.15, 0.2) is 41.3 Å². The van der Waals surface area contributed by atoms with E-state index in [4.69, 9.17) is 5.11 Å². The monoisotopic (exact) mass is 591 g/mol. The number of halogens is 2. The Morgan fingerprint density at radius 1 is 1.00 bits per heavy atom. The van der Waals surface area contributed by atoms with Gasteiger partial charge in [0.1, 0.15) is 5.69 Å². The molecule has 0 unspecified atom stereocenters. The largest absolute Gasteiger partial charge is 0.395 e. The molecule has 1 aromatic carbocycles. The molecule has 2 saturated heterocycles. The predicted molar refractivity (Wildman–Crippen MR) is 152 cm³/mol. The van der Waals surface area contributed by atoms with Crippen LogP contribution in [-0.2, 0) is 10.0 Å². The number of anilines is 3. The van der Waals surface area contributed by atoms with E-state index in [-0.39, 0.29) is 17.8 Å². The molecule has 0 radical (unpaired) electrons. The number of alkyl halides is 2. The van der Waals surface area contributed by atoms with Gasteiger partial charge < -0.3 is 20.3 Å². The number of hydrogen-bond donors (Lipinski definition) is 3. The molecule has 0 atom stereocenters. The summed E-state index contributed by atoms with van der Waals surface area (Å²) < 4.78 is 56.0. The zero-order valence-corrected chi connectivity index (χ0v) is 23.6. The quantitative estimate of drug-likeness (QED) is 0.431. The molecule has 1 aromatic heterocycles. The average Bonchev–Trinajstić information content (AvgIpc) is 3.80. The number of sulfonamides is 1. The van der Waals surface area contributed by atoms with Gasteiger partial charge in [-0.3, -0.25) is 14.3 Å². The number of carbonyl (C=O) groups is 1. The minimum absolute atomic E-state index is 0.0591. The molecule has 222 valence electrons. The standard InChI is InChI=1S/C28H35F2N5O5S/c29-28(30)19-27(28)9-14-34(15-10-27)35-11-1-2-22(25(35)38)31-24(37)21-4-3-20(32-41(39,40)17-16-36)18-23(21)33-12-7-26(5-6-26)8-13-33/h1-4,11,18,32,36H,5-10,12-17,19H2,(H,31,37). The highest BCUT2D eigenvalue weighted by atomic mass is 32.2. The van der Waals surface area contributed by atoms with E-state index >= 15 is 0 Å². The lowest BCUT2D eigenvalue weighted by atomic mass is 9.93. The second kappa shape index (κ2) is 9.97. The molecule has 2 spiro atoms. The maximum absolute atomic E-state index is 13.8. The van der Waals surface area contributed by atoms with Crippen molar-refractivity contribution in [1.82, 2.24) is 4.68 Å². The highest BCUT2D eigenvalue weighted by Gasteiger charge is 2.70. The molecule has 4 fully saturated rings. The van der Waals surface area contributed by atoms with E-state index in [9.17, 15) is 26.8 Å². The van der Waals surface area contributed by atoms with E-state index in [1.54, 1.807) is 23.3 Å². The van der Waals surface area contributed by atoms with Gasteiger partial charge in [-0.15, -0.1) is 0 Å². The van der Waals surface area contributed by atoms with Crippen LogP contribution in [-0.4, -0.2) is 68.6 Å². The van der Waals surface area contributed by atoms with Crippen molar-refractivity contribution in [3.63, 3.8) is 0 Å². The first kappa shape index (κ1) is 28.0. The number of pyridine rings is 1. The van der Waals surface area contributed by atoms with Crippen LogP contribution in [0.4, 0.5) is 25.8 Å². The van der Waals surface area contributed by atoms with Crippen molar-refractivity contribution in [2.75, 3.05) is 58.5 Å². The molecule has 3 N–H and O–H groups in total. The first-order valence-corrected chi connectivity index (χ1v) is 15.8. The van der Waals surface area contributed by atoms with Crippen molar-refractivity contribution in [2.24, 2.45) is 10.8 Å². The molecule has 0 bridgehead atoms. The lowest BCUT2D eigenvalue weighted by Gasteiger charge is -2.35. The minimum atomic E-state index is -3.76. The first-order valence-electron chi connectivity index (χ1n) is 14.1. The van der Waals surface area contributed by atoms with Crippen LogP contribution < -0.4 is 25.5 Å². The Morgan fingerprint density at radius 2 is 1.68 bits per heavy atom. The number of carbonyl (C=O) groups excluding carboxylic acids is 1. The summed E-state index contributed by atoms with van der Waals surface area (Å²) in [4.78, 5) is 29.0. The number of nitrogens with one attached hydrogen (secondary N) is 2. The highest BCUT2D eigenvalue weighted by molar-refractivity contribution is 7.92. The molecule has 6 rings (SSSR count). The van der Waals surface area contributed by atoms with Gasteiger partial charge in [-0.05, 0) is 74.3 Å². The van der Waals surface area contributed by atoms with Crippen LogP contribution in [0.5, 0.6) is 0 Å². The van der Waals surface area contributed by atoms with Gasteiger partial charge >= 0.3 is 0 Å². The minimum Gasteiger partial charge on any atom is -0.395 e. The SMILES string of the molecule is O=C(Nc1cccn(N2CCC3(CC2)CC3(F)F)c1=O)c1ccc(NS(=O)(=O)CCO)cc1N1CCC2(CC1)CC2. The average molecular weight is 592 g/mol. The Balaban J connectivity index is 1.23. The molecule has 2 aliphatic heterocycles. The molecular formula is C28H35F2N5O5S. The van der Waals surface area contributed by atoms with Crippen molar-refractivity contribution >= 4 is 33.0 Å². The van der Waals surface area contributed by atoms with E-state index in [0.717, 1.165) is 25.9 Å². The predicted octanol–water partition coefficient (Wildman–Crippen LogP) is 2.97. The Labute approximate surface area is 237 Å². The summed E-state index contributed by atoms with van der Waals surface area (Å²) in [6.07, 6.45) is 6.46. The smallest absolute Gasteiger partial charge is 0.292 e. The van der Waals surface area contributed by atoms with Gasteiger partial charge in [0.05, 0.1) is 29.3 Å². The van der Waals surface area contributed by atoms with Crippen molar-refractivity contribution < 1.29 is 27.1 Å². The van der Waals surface area contributed by atoms with Crippen molar-refractivity contribution in [2.45, 2.75) is 50.9 Å². The molecule has 10 nitrogen and oxygen atoms in total. The zero-order chi connectivity index (χ0) is 29.0. The summed E-state index contributed by atoms with van der Waals surface area (Å²) in [5.41, 5.74) is 0.187. The van der Waals surface area contributed by atoms with Crippen molar-refractivity contribution in [3.05, 3.63) is 52.4 Å². The maximum Gasteiger partial charge on any atom is 0.292 e. The number of aromatic nitrogens is 1. The third kappa shape index (κ3) is 5.41. The lowest BCUT2D eigenvalue weighted by Crippen LogP contribution is -2.48. The van der Waals surface area contributed by atoms with Gasteiger partial charge in [-0.1, -0.05) is 0 Å². The normalized spacial score (nSPS) is 22.0. The first-order chi connectivity index (χ1) is 19.5. The molecular weight excluding hydrogens is 556 g/mol. The molecule has 41 heavy (non-hydrogen) atoms. The van der Waals surface area contributed by atoms with Gasteiger partial charge in [0.15, 0.2) is 0 Å². The lowest BCUT2D eigenvalue weighted by molar-refractivity contribution is 0.0515. The third-order valence-electron chi connectivity index (χ3n) is 9.39. The topological polar surface area (TPSA) is 124 Å². The van der Waals surface area contributed by atoms with E-state index in [0.29, 0.717) is 42.6 Å². The summed E-state index contributed by atoms with van der Waals surface area (Å²) in [5, 5.41) is 13.5. The van der Waals surface area contributed by atoms with Gasteiger partial charge in [-0.2, -0.15) is 0 Å². The summed E-state index contributed by atoms with van der Waals surface area (Å²) in [7, 11) is -3.76. The van der Waals surface area contributed by atoms with Crippen molar-refractivity contribution in [1.29, 1.82) is 0 Å². The van der Waals surface area contributed by atoms with Crippen molar-refractivity contribution in [3.8, 4) is 0 Å². The number of benzene rings is 1. The number of hydrogen-bond acceptors (Lipinski definition) is 7. The van der Waals surface area contributed by atoms with E-state index < -0.39 is 45.2 Å². The van der Waals surface area contributed by atoms with Crippen LogP contribution in [0.3, 0.4) is 0 Å². The number of piperidine rings is 2. The third-order valence-corrected chi connectivity index (χ3v) is 10.7. The fourth-order valence-corrected chi connectivity index (χ4v) is 7.18. The van der Waals surface area contributed by atoms with Gasteiger partial charge in [0.2, 0.25) is 10.0 Å². The van der Waals surface area contributed by atoms with Gasteiger partial charge in [0, 0.05) is 44.2 Å². The molecule has 4 aliphatic rings. The molecule has 1 amide bonds. The van der Waals surface area contributed by atoms with Crippen LogP contribution in [0.1, 0.15) is 55.3 Å². The molecule has 2 aliphatic carbocycles. The second-order valence-corrected chi connectivity index (χ2v) is 13.8. The Hall–Kier alpha value is -3.19. The summed E-state index contributed by atoms with van der Waals surface area (Å²) in [6.45, 7) is 1.57. The summed E-state index contributed by atoms with van der Waals surface area (Å²) >= 11 is 0. The van der Waals surface area contributed by atoms with E-state index in [2.05, 4.69) is 14.9 Å². The molecule has 13 heteroatoms. The Morgan fingerprint density at radius 3 is 2.29 bits per heavy atom. The number of aliphatic hydroxyl groups is 1. The highest BCUT2D eigenvalue weighted by Crippen LogP contribution is 2.65. The number of rotatable bonds is 8. The molecule has 2 saturated carbocycles. The van der Waals surface area contributed by atoms with Crippen LogP contribution in [0, 0.1) is 10.8 Å². The number of aliphatic hydroxyl groups excluding tert-OH is 1. The summed E-state index contributed by atoms with van der Waals surface area (Å²) in [5.74, 6) is -3.59. The number of nitrogens with zero attached hydrogens (tertiary/aromatic N) is 3. The maximum atomic E-state index is 13.8. The van der Waals surface area contributed by atoms with E-state index in [1.165, 1.54) is 35.7 Å². The van der Waals surface area contributed by atoms with Crippen LogP contribution in [0.2, 0.25) is 0 Å². The molecule has 3 heterocycles. The fraction of sp³-hybridized carbons (Fsp3) is 0.571.